The summed E-state index contributed by atoms with van der Waals surface area (Å²) in [6.07, 6.45) is 7.17. The van der Waals surface area contributed by atoms with Crippen LogP contribution >= 0.6 is 12.4 Å². The average molecular weight is 422 g/mol. The molecule has 1 aliphatic rings. The van der Waals surface area contributed by atoms with Gasteiger partial charge in [0.05, 0.1) is 23.5 Å². The lowest BCUT2D eigenvalue weighted by atomic mass is 10.0. The van der Waals surface area contributed by atoms with Crippen molar-refractivity contribution >= 4 is 23.7 Å². The van der Waals surface area contributed by atoms with E-state index >= 15 is 0 Å². The highest BCUT2D eigenvalue weighted by Crippen LogP contribution is 2.31. The zero-order valence-electron chi connectivity index (χ0n) is 16.4. The van der Waals surface area contributed by atoms with Crippen molar-refractivity contribution in [3.63, 3.8) is 0 Å². The van der Waals surface area contributed by atoms with Crippen LogP contribution in [0.5, 0.6) is 0 Å². The van der Waals surface area contributed by atoms with E-state index < -0.39 is 0 Å². The van der Waals surface area contributed by atoms with Gasteiger partial charge in [-0.15, -0.1) is 17.5 Å². The highest BCUT2D eigenvalue weighted by Gasteiger charge is 2.16. The lowest BCUT2D eigenvalue weighted by Crippen LogP contribution is -2.43. The molecule has 0 atom stereocenters. The number of nitrogens with zero attached hydrogens (tertiary/aromatic N) is 8. The van der Waals surface area contributed by atoms with Gasteiger partial charge in [0.15, 0.2) is 0 Å². The zero-order valence-corrected chi connectivity index (χ0v) is 17.2. The van der Waals surface area contributed by atoms with Crippen molar-refractivity contribution in [2.75, 3.05) is 31.1 Å². The minimum atomic E-state index is 0. The first-order valence-electron chi connectivity index (χ1n) is 9.43. The molecule has 0 amide bonds. The minimum Gasteiger partial charge on any atom is -0.354 e. The standard InChI is InChI=1S/C20H19N9.ClH/c1-27-13-18(25-26-27)15-8-17(20-16(9-21)11-24-29(20)12-15)14-2-3-19(23-10-14)28-6-4-22-5-7-28;/h2-3,8,10-13,22H,4-7H2,1H3;1H. The summed E-state index contributed by atoms with van der Waals surface area (Å²) < 4.78 is 3.38. The molecule has 0 radical (unpaired) electrons. The Labute approximate surface area is 179 Å². The third kappa shape index (κ3) is 3.47. The molecule has 1 aliphatic heterocycles. The van der Waals surface area contributed by atoms with Crippen LogP contribution in [-0.4, -0.2) is 55.8 Å². The number of halogens is 1. The monoisotopic (exact) mass is 421 g/mol. The molecule has 5 rings (SSSR count). The van der Waals surface area contributed by atoms with Crippen molar-refractivity contribution in [1.29, 1.82) is 5.26 Å². The molecule has 152 valence electrons. The van der Waals surface area contributed by atoms with Gasteiger partial charge in [0, 0.05) is 62.3 Å². The number of hydrogen-bond acceptors (Lipinski definition) is 7. The molecule has 10 heteroatoms. The van der Waals surface area contributed by atoms with Gasteiger partial charge in [0.1, 0.15) is 17.6 Å². The first-order chi connectivity index (χ1) is 14.2. The van der Waals surface area contributed by atoms with Gasteiger partial charge in [-0.25, -0.2) is 9.50 Å². The van der Waals surface area contributed by atoms with Crippen LogP contribution in [0.2, 0.25) is 0 Å². The Bertz CT molecular complexity index is 1210. The SMILES string of the molecule is Cl.Cn1cc(-c2cc(-c3ccc(N4CCNCC4)nc3)c3c(C#N)cnn3c2)nn1. The zero-order chi connectivity index (χ0) is 19.8. The fourth-order valence-electron chi connectivity index (χ4n) is 3.67. The largest absolute Gasteiger partial charge is 0.354 e. The fraction of sp³-hybridized carbons (Fsp3) is 0.250. The average Bonchev–Trinajstić information content (AvgIpc) is 3.40. The second kappa shape index (κ2) is 8.10. The molecular formula is C20H20ClN9. The van der Waals surface area contributed by atoms with Gasteiger partial charge in [0.25, 0.3) is 0 Å². The number of aryl methyl sites for hydroxylation is 1. The van der Waals surface area contributed by atoms with Crippen LogP contribution < -0.4 is 10.2 Å². The van der Waals surface area contributed by atoms with E-state index in [2.05, 4.69) is 36.7 Å². The number of hydrogen-bond donors (Lipinski definition) is 1. The predicted octanol–water partition coefficient (Wildman–Crippen LogP) is 1.89. The summed E-state index contributed by atoms with van der Waals surface area (Å²) in [7, 11) is 1.83. The van der Waals surface area contributed by atoms with Crippen LogP contribution in [0, 0.1) is 11.3 Å². The van der Waals surface area contributed by atoms with Gasteiger partial charge < -0.3 is 10.2 Å². The smallest absolute Gasteiger partial charge is 0.128 e. The Morgan fingerprint density at radius 1 is 1.10 bits per heavy atom. The summed E-state index contributed by atoms with van der Waals surface area (Å²) in [4.78, 5) is 6.95. The van der Waals surface area contributed by atoms with Crippen LogP contribution in [0.3, 0.4) is 0 Å². The van der Waals surface area contributed by atoms with E-state index in [1.165, 1.54) is 0 Å². The highest BCUT2D eigenvalue weighted by molar-refractivity contribution is 5.87. The topological polar surface area (TPSA) is 100.0 Å². The second-order valence-corrected chi connectivity index (χ2v) is 7.03. The molecule has 4 aromatic rings. The number of nitrogens with one attached hydrogen (secondary N) is 1. The number of pyridine rings is 2. The van der Waals surface area contributed by atoms with Gasteiger partial charge in [-0.1, -0.05) is 5.21 Å². The summed E-state index contributed by atoms with van der Waals surface area (Å²) >= 11 is 0. The van der Waals surface area contributed by atoms with E-state index in [-0.39, 0.29) is 12.4 Å². The van der Waals surface area contributed by atoms with E-state index in [0.29, 0.717) is 5.56 Å². The first kappa shape index (κ1) is 19.8. The molecule has 9 nitrogen and oxygen atoms in total. The Morgan fingerprint density at radius 2 is 1.93 bits per heavy atom. The second-order valence-electron chi connectivity index (χ2n) is 7.03. The van der Waals surface area contributed by atoms with Gasteiger partial charge in [-0.05, 0) is 18.2 Å². The number of nitriles is 1. The van der Waals surface area contributed by atoms with Crippen LogP contribution in [0.25, 0.3) is 27.9 Å². The van der Waals surface area contributed by atoms with Gasteiger partial charge in [-0.3, -0.25) is 4.68 Å². The summed E-state index contributed by atoms with van der Waals surface area (Å²) in [5.74, 6) is 0.963. The number of aromatic nitrogens is 6. The van der Waals surface area contributed by atoms with E-state index in [1.807, 2.05) is 43.8 Å². The Balaban J connectivity index is 0.00000218. The van der Waals surface area contributed by atoms with Gasteiger partial charge >= 0.3 is 0 Å². The normalized spacial score (nSPS) is 13.8. The van der Waals surface area contributed by atoms with Crippen LogP contribution in [0.1, 0.15) is 5.56 Å². The van der Waals surface area contributed by atoms with Gasteiger partial charge in [0.2, 0.25) is 0 Å². The van der Waals surface area contributed by atoms with Crippen molar-refractivity contribution in [1.82, 2.24) is 34.9 Å². The van der Waals surface area contributed by atoms with Gasteiger partial charge in [-0.2, -0.15) is 10.4 Å². The minimum absolute atomic E-state index is 0. The molecule has 4 aromatic heterocycles. The predicted molar refractivity (Wildman–Crippen MR) is 115 cm³/mol. The third-order valence-corrected chi connectivity index (χ3v) is 5.13. The molecule has 0 aromatic carbocycles. The summed E-state index contributed by atoms with van der Waals surface area (Å²) in [5, 5.41) is 25.5. The van der Waals surface area contributed by atoms with E-state index in [9.17, 15) is 5.26 Å². The molecule has 0 bridgehead atoms. The van der Waals surface area contributed by atoms with E-state index in [0.717, 1.165) is 59.9 Å². The third-order valence-electron chi connectivity index (χ3n) is 5.13. The maximum absolute atomic E-state index is 9.54. The number of fused-ring (bicyclic) bond motifs is 1. The molecule has 1 fully saturated rings. The summed E-state index contributed by atoms with van der Waals surface area (Å²) in [5.41, 5.74) is 4.72. The number of piperazine rings is 1. The fourth-order valence-corrected chi connectivity index (χ4v) is 3.67. The van der Waals surface area contributed by atoms with Crippen LogP contribution in [0.15, 0.2) is 43.0 Å². The molecule has 30 heavy (non-hydrogen) atoms. The lowest BCUT2D eigenvalue weighted by molar-refractivity contribution is 0.585. The van der Waals surface area contributed by atoms with Crippen LogP contribution in [0.4, 0.5) is 5.82 Å². The Kier molecular flexibility index (Phi) is 5.35. The molecular weight excluding hydrogens is 402 g/mol. The molecule has 0 aliphatic carbocycles. The highest BCUT2D eigenvalue weighted by atomic mass is 35.5. The van der Waals surface area contributed by atoms with Crippen LogP contribution in [-0.2, 0) is 7.05 Å². The van der Waals surface area contributed by atoms with Crippen molar-refractivity contribution in [3.8, 4) is 28.5 Å². The maximum atomic E-state index is 9.54. The van der Waals surface area contributed by atoms with Crippen molar-refractivity contribution in [2.24, 2.45) is 7.05 Å². The Morgan fingerprint density at radius 3 is 2.60 bits per heavy atom. The quantitative estimate of drug-likeness (QED) is 0.539. The number of rotatable bonds is 3. The number of anilines is 1. The van der Waals surface area contributed by atoms with Crippen molar-refractivity contribution in [3.05, 3.63) is 48.5 Å². The Hall–Kier alpha value is -3.48. The first-order valence-corrected chi connectivity index (χ1v) is 9.43. The van der Waals surface area contributed by atoms with Crippen molar-refractivity contribution < 1.29 is 0 Å². The molecule has 0 unspecified atom stereocenters. The van der Waals surface area contributed by atoms with E-state index in [4.69, 9.17) is 0 Å². The molecule has 5 heterocycles. The lowest BCUT2D eigenvalue weighted by Gasteiger charge is -2.28. The van der Waals surface area contributed by atoms with Crippen molar-refractivity contribution in [2.45, 2.75) is 0 Å². The summed E-state index contributed by atoms with van der Waals surface area (Å²) in [6, 6.07) is 8.34. The molecule has 1 N–H and O–H groups in total. The molecule has 0 saturated carbocycles. The molecule has 0 spiro atoms. The van der Waals surface area contributed by atoms with E-state index in [1.54, 1.807) is 15.4 Å². The summed E-state index contributed by atoms with van der Waals surface area (Å²) in [6.45, 7) is 3.82. The maximum Gasteiger partial charge on any atom is 0.128 e. The molecule has 1 saturated heterocycles.